The van der Waals surface area contributed by atoms with Gasteiger partial charge in [0.15, 0.2) is 0 Å². The van der Waals surface area contributed by atoms with Crippen LogP contribution in [0.2, 0.25) is 0 Å². The van der Waals surface area contributed by atoms with Crippen molar-refractivity contribution in [2.75, 3.05) is 26.2 Å². The summed E-state index contributed by atoms with van der Waals surface area (Å²) in [6.07, 6.45) is 2.74. The molecule has 0 amide bonds. The van der Waals surface area contributed by atoms with Crippen LogP contribution in [0.15, 0.2) is 12.4 Å². The van der Waals surface area contributed by atoms with Gasteiger partial charge in [-0.15, -0.1) is 0 Å². The zero-order valence-electron chi connectivity index (χ0n) is 8.37. The molecule has 1 aliphatic rings. The first-order valence-corrected chi connectivity index (χ1v) is 5.00. The first-order valence-electron chi connectivity index (χ1n) is 5.00. The molecule has 1 N–H and O–H groups in total. The minimum absolute atomic E-state index is 0.437. The third-order valence-electron chi connectivity index (χ3n) is 2.53. The summed E-state index contributed by atoms with van der Waals surface area (Å²) in [5, 5.41) is 3.21. The number of nitrogens with zero attached hydrogens (tertiary/aromatic N) is 3. The predicted octanol–water partition coefficient (Wildman–Crippen LogP) is 0.683. The molecule has 1 aromatic heterocycles. The number of halogens is 2. The average molecular weight is 216 g/mol. The Labute approximate surface area is 86.9 Å². The zero-order chi connectivity index (χ0) is 10.7. The lowest BCUT2D eigenvalue weighted by atomic mass is 10.3. The van der Waals surface area contributed by atoms with Gasteiger partial charge in [0.2, 0.25) is 0 Å². The van der Waals surface area contributed by atoms with Gasteiger partial charge >= 0.3 is 6.55 Å². The molecule has 15 heavy (non-hydrogen) atoms. The topological polar surface area (TPSA) is 33.1 Å². The summed E-state index contributed by atoms with van der Waals surface area (Å²) in [6, 6.07) is 0. The van der Waals surface area contributed by atoms with Crippen LogP contribution in [0.5, 0.6) is 0 Å². The molecule has 1 fully saturated rings. The number of rotatable bonds is 3. The second-order valence-corrected chi connectivity index (χ2v) is 3.55. The van der Waals surface area contributed by atoms with Gasteiger partial charge in [-0.2, -0.15) is 8.78 Å². The number of hydrogen-bond donors (Lipinski definition) is 1. The van der Waals surface area contributed by atoms with Gasteiger partial charge in [-0.1, -0.05) is 0 Å². The molecular formula is C9H14F2N4. The molecule has 0 unspecified atom stereocenters. The number of piperazine rings is 1. The maximum atomic E-state index is 12.5. The minimum Gasteiger partial charge on any atom is -0.314 e. The van der Waals surface area contributed by atoms with E-state index in [4.69, 9.17) is 0 Å². The maximum absolute atomic E-state index is 12.5. The Kier molecular flexibility index (Phi) is 3.27. The Bertz CT molecular complexity index is 307. The molecule has 84 valence electrons. The molecule has 0 aliphatic carbocycles. The van der Waals surface area contributed by atoms with E-state index in [9.17, 15) is 8.78 Å². The molecule has 2 rings (SSSR count). The predicted molar refractivity (Wildman–Crippen MR) is 51.6 cm³/mol. The van der Waals surface area contributed by atoms with Crippen molar-refractivity contribution in [1.29, 1.82) is 0 Å². The average Bonchev–Trinajstić information content (AvgIpc) is 2.67. The van der Waals surface area contributed by atoms with Crippen LogP contribution in [-0.2, 0) is 6.54 Å². The van der Waals surface area contributed by atoms with E-state index in [0.717, 1.165) is 30.7 Å². The first-order chi connectivity index (χ1) is 7.27. The highest BCUT2D eigenvalue weighted by Crippen LogP contribution is 2.13. The molecular weight excluding hydrogens is 202 g/mol. The Morgan fingerprint density at radius 1 is 1.40 bits per heavy atom. The summed E-state index contributed by atoms with van der Waals surface area (Å²) < 4.78 is 25.9. The van der Waals surface area contributed by atoms with E-state index in [-0.39, 0.29) is 0 Å². The highest BCUT2D eigenvalue weighted by atomic mass is 19.3. The summed E-state index contributed by atoms with van der Waals surface area (Å²) >= 11 is 0. The van der Waals surface area contributed by atoms with Crippen molar-refractivity contribution in [3.63, 3.8) is 0 Å². The molecule has 0 aromatic carbocycles. The van der Waals surface area contributed by atoms with Gasteiger partial charge in [-0.25, -0.2) is 4.98 Å². The highest BCUT2D eigenvalue weighted by Gasteiger charge is 2.16. The number of aromatic nitrogens is 2. The first kappa shape index (κ1) is 10.5. The fourth-order valence-corrected chi connectivity index (χ4v) is 1.71. The van der Waals surface area contributed by atoms with Crippen molar-refractivity contribution in [2.45, 2.75) is 13.1 Å². The van der Waals surface area contributed by atoms with Gasteiger partial charge in [-0.05, 0) is 0 Å². The Balaban J connectivity index is 1.99. The Morgan fingerprint density at radius 3 is 2.80 bits per heavy atom. The fourth-order valence-electron chi connectivity index (χ4n) is 1.71. The largest absolute Gasteiger partial charge is 0.319 e. The second-order valence-electron chi connectivity index (χ2n) is 3.55. The zero-order valence-corrected chi connectivity index (χ0v) is 8.37. The van der Waals surface area contributed by atoms with Crippen molar-refractivity contribution >= 4 is 0 Å². The monoisotopic (exact) mass is 216 g/mol. The van der Waals surface area contributed by atoms with E-state index < -0.39 is 6.55 Å². The maximum Gasteiger partial charge on any atom is 0.319 e. The van der Waals surface area contributed by atoms with Gasteiger partial charge in [0.05, 0.1) is 6.54 Å². The number of nitrogens with one attached hydrogen (secondary N) is 1. The molecule has 0 radical (unpaired) electrons. The SMILES string of the molecule is FC(F)n1ccnc1CN1CCNCC1. The highest BCUT2D eigenvalue weighted by molar-refractivity contribution is 4.93. The van der Waals surface area contributed by atoms with Crippen molar-refractivity contribution in [3.8, 4) is 0 Å². The number of alkyl halides is 2. The summed E-state index contributed by atoms with van der Waals surface area (Å²) in [6.45, 7) is 1.60. The molecule has 0 bridgehead atoms. The molecule has 1 aromatic rings. The molecule has 1 saturated heterocycles. The van der Waals surface area contributed by atoms with Crippen LogP contribution in [0.25, 0.3) is 0 Å². The van der Waals surface area contributed by atoms with Gasteiger partial charge in [0.25, 0.3) is 0 Å². The van der Waals surface area contributed by atoms with Crippen LogP contribution in [0, 0.1) is 0 Å². The number of hydrogen-bond acceptors (Lipinski definition) is 3. The molecule has 2 heterocycles. The lowest BCUT2D eigenvalue weighted by molar-refractivity contribution is 0.0634. The summed E-state index contributed by atoms with van der Waals surface area (Å²) in [7, 11) is 0. The number of imidazole rings is 1. The van der Waals surface area contributed by atoms with E-state index in [1.807, 2.05) is 0 Å². The van der Waals surface area contributed by atoms with Crippen molar-refractivity contribution in [1.82, 2.24) is 19.8 Å². The Hall–Kier alpha value is -1.01. The molecule has 4 nitrogen and oxygen atoms in total. The van der Waals surface area contributed by atoms with Gasteiger partial charge in [0, 0.05) is 38.6 Å². The van der Waals surface area contributed by atoms with E-state index in [1.54, 1.807) is 0 Å². The quantitative estimate of drug-likeness (QED) is 0.806. The molecule has 1 aliphatic heterocycles. The third kappa shape index (κ3) is 2.51. The third-order valence-corrected chi connectivity index (χ3v) is 2.53. The summed E-state index contributed by atoms with van der Waals surface area (Å²) in [4.78, 5) is 6.08. The summed E-state index contributed by atoms with van der Waals surface area (Å²) in [5.74, 6) is 0.437. The van der Waals surface area contributed by atoms with E-state index in [0.29, 0.717) is 12.4 Å². The Morgan fingerprint density at radius 2 is 2.13 bits per heavy atom. The molecule has 0 atom stereocenters. The van der Waals surface area contributed by atoms with Crippen LogP contribution >= 0.6 is 0 Å². The van der Waals surface area contributed by atoms with E-state index in [2.05, 4.69) is 15.2 Å². The fraction of sp³-hybridized carbons (Fsp3) is 0.667. The minimum atomic E-state index is -2.49. The van der Waals surface area contributed by atoms with Crippen LogP contribution in [0.3, 0.4) is 0 Å². The molecule has 6 heteroatoms. The van der Waals surface area contributed by atoms with Crippen molar-refractivity contribution < 1.29 is 8.78 Å². The van der Waals surface area contributed by atoms with Gasteiger partial charge < -0.3 is 5.32 Å². The standard InChI is InChI=1S/C9H14F2N4/c10-9(11)15-6-3-13-8(15)7-14-4-1-12-2-5-14/h3,6,9,12H,1-2,4-5,7H2. The van der Waals surface area contributed by atoms with Gasteiger partial charge in [-0.3, -0.25) is 9.47 Å². The van der Waals surface area contributed by atoms with E-state index in [1.165, 1.54) is 12.4 Å². The van der Waals surface area contributed by atoms with Crippen LogP contribution in [0.1, 0.15) is 12.4 Å². The summed E-state index contributed by atoms with van der Waals surface area (Å²) in [5.41, 5.74) is 0. The van der Waals surface area contributed by atoms with Crippen LogP contribution in [-0.4, -0.2) is 40.6 Å². The van der Waals surface area contributed by atoms with Crippen molar-refractivity contribution in [3.05, 3.63) is 18.2 Å². The van der Waals surface area contributed by atoms with Crippen molar-refractivity contribution in [2.24, 2.45) is 0 Å². The lowest BCUT2D eigenvalue weighted by Gasteiger charge is -2.26. The van der Waals surface area contributed by atoms with Crippen LogP contribution < -0.4 is 5.32 Å². The van der Waals surface area contributed by atoms with Crippen LogP contribution in [0.4, 0.5) is 8.78 Å². The normalized spacial score (nSPS) is 18.6. The van der Waals surface area contributed by atoms with E-state index >= 15 is 0 Å². The lowest BCUT2D eigenvalue weighted by Crippen LogP contribution is -2.43. The molecule has 0 spiro atoms. The van der Waals surface area contributed by atoms with Gasteiger partial charge in [0.1, 0.15) is 5.82 Å². The second kappa shape index (κ2) is 4.67. The smallest absolute Gasteiger partial charge is 0.314 e. The molecule has 0 saturated carbocycles.